The van der Waals surface area contributed by atoms with Crippen LogP contribution in [0.4, 0.5) is 11.5 Å². The van der Waals surface area contributed by atoms with Crippen molar-refractivity contribution in [2.75, 3.05) is 23.9 Å². The van der Waals surface area contributed by atoms with Crippen molar-refractivity contribution in [2.45, 2.75) is 13.0 Å². The van der Waals surface area contributed by atoms with E-state index in [9.17, 15) is 4.79 Å². The van der Waals surface area contributed by atoms with E-state index in [1.165, 1.54) is 5.56 Å². The van der Waals surface area contributed by atoms with Crippen molar-refractivity contribution in [1.29, 1.82) is 0 Å². The molecule has 27 heavy (non-hydrogen) atoms. The van der Waals surface area contributed by atoms with E-state index in [2.05, 4.69) is 16.4 Å². The van der Waals surface area contributed by atoms with Crippen molar-refractivity contribution in [2.24, 2.45) is 0 Å². The summed E-state index contributed by atoms with van der Waals surface area (Å²) in [7, 11) is 1.65. The number of hydrogen-bond donors (Lipinski definition) is 1. The summed E-state index contributed by atoms with van der Waals surface area (Å²) in [6, 6.07) is 19.6. The quantitative estimate of drug-likeness (QED) is 0.751. The van der Waals surface area contributed by atoms with Gasteiger partial charge in [0.05, 0.1) is 12.7 Å². The van der Waals surface area contributed by atoms with Gasteiger partial charge >= 0.3 is 0 Å². The van der Waals surface area contributed by atoms with Gasteiger partial charge in [0.25, 0.3) is 5.91 Å². The molecular formula is C22H21N3O2. The summed E-state index contributed by atoms with van der Waals surface area (Å²) >= 11 is 0. The summed E-state index contributed by atoms with van der Waals surface area (Å²) in [5, 5.41) is 3.27. The summed E-state index contributed by atoms with van der Waals surface area (Å²) in [4.78, 5) is 19.0. The number of pyridine rings is 1. The number of amides is 1. The van der Waals surface area contributed by atoms with Crippen LogP contribution in [0.25, 0.3) is 0 Å². The Labute approximate surface area is 158 Å². The van der Waals surface area contributed by atoms with Crippen molar-refractivity contribution in [1.82, 2.24) is 4.98 Å². The molecule has 0 aliphatic carbocycles. The summed E-state index contributed by atoms with van der Waals surface area (Å²) in [6.07, 6.45) is 2.54. The minimum absolute atomic E-state index is 0.00541. The molecule has 0 saturated heterocycles. The molecule has 0 atom stereocenters. The number of nitrogens with one attached hydrogen (secondary N) is 1. The molecule has 3 aromatic rings. The maximum atomic E-state index is 12.8. The lowest BCUT2D eigenvalue weighted by molar-refractivity contribution is 0.0989. The van der Waals surface area contributed by atoms with Crippen molar-refractivity contribution in [3.8, 4) is 5.75 Å². The topological polar surface area (TPSA) is 54.5 Å². The van der Waals surface area contributed by atoms with E-state index in [-0.39, 0.29) is 5.91 Å². The fourth-order valence-corrected chi connectivity index (χ4v) is 3.27. The summed E-state index contributed by atoms with van der Waals surface area (Å²) in [6.45, 7) is 1.37. The largest absolute Gasteiger partial charge is 0.497 e. The number of para-hydroxylation sites is 1. The predicted molar refractivity (Wildman–Crippen MR) is 106 cm³/mol. The molecule has 5 nitrogen and oxygen atoms in total. The Morgan fingerprint density at radius 2 is 1.93 bits per heavy atom. The Bertz CT molecular complexity index is 937. The Morgan fingerprint density at radius 3 is 2.67 bits per heavy atom. The minimum atomic E-state index is -0.00541. The molecule has 1 amide bonds. The van der Waals surface area contributed by atoms with Gasteiger partial charge < -0.3 is 15.0 Å². The number of ether oxygens (including phenoxy) is 1. The van der Waals surface area contributed by atoms with Crippen LogP contribution < -0.4 is 15.0 Å². The number of carbonyl (C=O) groups is 1. The monoisotopic (exact) mass is 359 g/mol. The molecule has 1 aliphatic rings. The molecule has 1 aliphatic heterocycles. The van der Waals surface area contributed by atoms with Crippen molar-refractivity contribution < 1.29 is 9.53 Å². The van der Waals surface area contributed by atoms with Crippen LogP contribution in [-0.2, 0) is 13.0 Å². The highest BCUT2D eigenvalue weighted by atomic mass is 16.5. The van der Waals surface area contributed by atoms with E-state index >= 15 is 0 Å². The van der Waals surface area contributed by atoms with Gasteiger partial charge in [-0.2, -0.15) is 0 Å². The van der Waals surface area contributed by atoms with Crippen molar-refractivity contribution in [3.63, 3.8) is 0 Å². The van der Waals surface area contributed by atoms with Gasteiger partial charge in [0.1, 0.15) is 11.6 Å². The summed E-state index contributed by atoms with van der Waals surface area (Å²) < 4.78 is 5.16. The molecule has 2 aromatic carbocycles. The zero-order valence-corrected chi connectivity index (χ0v) is 15.2. The standard InChI is InChI=1S/C22H21N3O2/c1-27-19-9-6-16(7-10-19)14-23-21-11-8-18(15-24-21)22(26)25-13-12-17-4-2-3-5-20(17)25/h2-11,15H,12-14H2,1H3,(H,23,24). The highest BCUT2D eigenvalue weighted by Crippen LogP contribution is 2.28. The first-order chi connectivity index (χ1) is 13.2. The number of aromatic nitrogens is 1. The first kappa shape index (κ1) is 17.1. The maximum absolute atomic E-state index is 12.8. The van der Waals surface area contributed by atoms with Gasteiger partial charge in [-0.15, -0.1) is 0 Å². The highest BCUT2D eigenvalue weighted by molar-refractivity contribution is 6.07. The molecule has 0 unspecified atom stereocenters. The maximum Gasteiger partial charge on any atom is 0.259 e. The number of methoxy groups -OCH3 is 1. The average Bonchev–Trinajstić information content (AvgIpc) is 3.16. The van der Waals surface area contributed by atoms with Crippen molar-refractivity contribution in [3.05, 3.63) is 83.6 Å². The lowest BCUT2D eigenvalue weighted by Crippen LogP contribution is -2.28. The average molecular weight is 359 g/mol. The number of nitrogens with zero attached hydrogens (tertiary/aromatic N) is 2. The number of anilines is 2. The van der Waals surface area contributed by atoms with Crippen LogP contribution >= 0.6 is 0 Å². The van der Waals surface area contributed by atoms with Gasteiger partial charge in [-0.25, -0.2) is 4.98 Å². The normalized spacial score (nSPS) is 12.6. The highest BCUT2D eigenvalue weighted by Gasteiger charge is 2.25. The first-order valence-corrected chi connectivity index (χ1v) is 8.97. The third kappa shape index (κ3) is 3.62. The molecule has 5 heteroatoms. The molecule has 0 radical (unpaired) electrons. The van der Waals surface area contributed by atoms with E-state index in [0.717, 1.165) is 35.8 Å². The Morgan fingerprint density at radius 1 is 1.11 bits per heavy atom. The fourth-order valence-electron chi connectivity index (χ4n) is 3.27. The van der Waals surface area contributed by atoms with E-state index < -0.39 is 0 Å². The number of hydrogen-bond acceptors (Lipinski definition) is 4. The minimum Gasteiger partial charge on any atom is -0.497 e. The lowest BCUT2D eigenvalue weighted by atomic mass is 10.2. The van der Waals surface area contributed by atoms with Crippen LogP contribution in [0.15, 0.2) is 66.9 Å². The molecule has 0 bridgehead atoms. The van der Waals surface area contributed by atoms with Crippen LogP contribution in [0.5, 0.6) is 5.75 Å². The van der Waals surface area contributed by atoms with Crippen LogP contribution in [0, 0.1) is 0 Å². The SMILES string of the molecule is COc1ccc(CNc2ccc(C(=O)N3CCc4ccccc43)cn2)cc1. The lowest BCUT2D eigenvalue weighted by Gasteiger charge is -2.17. The molecule has 4 rings (SSSR count). The Balaban J connectivity index is 1.40. The van der Waals surface area contributed by atoms with Gasteiger partial charge in [0, 0.05) is 25.0 Å². The first-order valence-electron chi connectivity index (χ1n) is 8.97. The summed E-state index contributed by atoms with van der Waals surface area (Å²) in [5.74, 6) is 1.57. The Kier molecular flexibility index (Phi) is 4.75. The van der Waals surface area contributed by atoms with Gasteiger partial charge in [-0.05, 0) is 47.9 Å². The molecule has 0 fully saturated rings. The molecule has 1 aromatic heterocycles. The molecule has 0 saturated carbocycles. The van der Waals surface area contributed by atoms with Gasteiger partial charge in [0.15, 0.2) is 0 Å². The van der Waals surface area contributed by atoms with E-state index in [1.54, 1.807) is 13.3 Å². The number of fused-ring (bicyclic) bond motifs is 1. The molecular weight excluding hydrogens is 338 g/mol. The third-order valence-corrected chi connectivity index (χ3v) is 4.78. The molecule has 2 heterocycles. The second-order valence-corrected chi connectivity index (χ2v) is 6.47. The van der Waals surface area contributed by atoms with Crippen LogP contribution in [0.2, 0.25) is 0 Å². The number of benzene rings is 2. The zero-order valence-electron chi connectivity index (χ0n) is 15.2. The van der Waals surface area contributed by atoms with Gasteiger partial charge in [0.2, 0.25) is 0 Å². The van der Waals surface area contributed by atoms with Crippen molar-refractivity contribution >= 4 is 17.4 Å². The van der Waals surface area contributed by atoms with Gasteiger partial charge in [-0.1, -0.05) is 30.3 Å². The molecule has 0 spiro atoms. The van der Waals surface area contributed by atoms with Crippen LogP contribution in [0.3, 0.4) is 0 Å². The van der Waals surface area contributed by atoms with E-state index in [0.29, 0.717) is 12.1 Å². The van der Waals surface area contributed by atoms with Gasteiger partial charge in [-0.3, -0.25) is 4.79 Å². The third-order valence-electron chi connectivity index (χ3n) is 4.78. The fraction of sp³-hybridized carbons (Fsp3) is 0.182. The smallest absolute Gasteiger partial charge is 0.259 e. The van der Waals surface area contributed by atoms with Crippen LogP contribution in [0.1, 0.15) is 21.5 Å². The van der Waals surface area contributed by atoms with Crippen LogP contribution in [-0.4, -0.2) is 24.5 Å². The second kappa shape index (κ2) is 7.50. The van der Waals surface area contributed by atoms with E-state index in [4.69, 9.17) is 4.74 Å². The second-order valence-electron chi connectivity index (χ2n) is 6.47. The number of rotatable bonds is 5. The molecule has 1 N–H and O–H groups in total. The zero-order chi connectivity index (χ0) is 18.6. The Hall–Kier alpha value is -3.34. The predicted octanol–water partition coefficient (Wildman–Crippen LogP) is 3.91. The molecule has 136 valence electrons. The summed E-state index contributed by atoms with van der Waals surface area (Å²) in [5.41, 5.74) is 3.95. The van der Waals surface area contributed by atoms with E-state index in [1.807, 2.05) is 59.5 Å². The number of carbonyl (C=O) groups excluding carboxylic acids is 1.